The second-order valence-electron chi connectivity index (χ2n) is 2.39. The summed E-state index contributed by atoms with van der Waals surface area (Å²) in [6.07, 6.45) is -3.08. The first-order valence-electron chi connectivity index (χ1n) is 3.35. The first-order chi connectivity index (χ1) is 6.43. The zero-order valence-corrected chi connectivity index (χ0v) is 8.09. The largest absolute Gasteiger partial charge is 0.306 e. The average molecular weight is 270 g/mol. The van der Waals surface area contributed by atoms with Crippen LogP contribution in [0.1, 0.15) is 12.0 Å². The monoisotopic (exact) mass is 269 g/mol. The van der Waals surface area contributed by atoms with E-state index in [2.05, 4.69) is 15.9 Å². The van der Waals surface area contributed by atoms with Gasteiger partial charge in [0, 0.05) is 10.5 Å². The Balaban J connectivity index is 3.40. The summed E-state index contributed by atoms with van der Waals surface area (Å²) in [6.45, 7) is 0. The molecule has 0 aliphatic heterocycles. The smallest absolute Gasteiger partial charge is 0.258 e. The summed E-state index contributed by atoms with van der Waals surface area (Å²) in [5, 5.41) is 10.2. The van der Waals surface area contributed by atoms with E-state index in [-0.39, 0.29) is 4.47 Å². The molecule has 1 rings (SSSR count). The van der Waals surface area contributed by atoms with E-state index in [9.17, 15) is 23.3 Å². The first kappa shape index (κ1) is 11.0. The number of alkyl halides is 2. The van der Waals surface area contributed by atoms with Gasteiger partial charge < -0.3 is 0 Å². The van der Waals surface area contributed by atoms with Gasteiger partial charge in [0.15, 0.2) is 0 Å². The van der Waals surface area contributed by atoms with Gasteiger partial charge in [0.25, 0.3) is 6.43 Å². The minimum absolute atomic E-state index is 0.0425. The summed E-state index contributed by atoms with van der Waals surface area (Å²) < 4.78 is 37.4. The maximum absolute atomic E-state index is 13.0. The Morgan fingerprint density at radius 1 is 1.43 bits per heavy atom. The van der Waals surface area contributed by atoms with E-state index in [1.807, 2.05) is 0 Å². The number of hydrogen-bond donors (Lipinski definition) is 0. The van der Waals surface area contributed by atoms with E-state index < -0.39 is 28.4 Å². The van der Waals surface area contributed by atoms with E-state index in [4.69, 9.17) is 0 Å². The van der Waals surface area contributed by atoms with Gasteiger partial charge >= 0.3 is 5.69 Å². The van der Waals surface area contributed by atoms with Crippen LogP contribution in [0.15, 0.2) is 16.6 Å². The van der Waals surface area contributed by atoms with Crippen molar-refractivity contribution in [2.24, 2.45) is 0 Å². The fraction of sp³-hybridized carbons (Fsp3) is 0.143. The van der Waals surface area contributed by atoms with Gasteiger partial charge in [-0.15, -0.1) is 0 Å². The van der Waals surface area contributed by atoms with E-state index in [1.54, 1.807) is 0 Å². The van der Waals surface area contributed by atoms with Crippen LogP contribution >= 0.6 is 15.9 Å². The molecule has 76 valence electrons. The summed E-state index contributed by atoms with van der Waals surface area (Å²) in [5.74, 6) is -1.49. The van der Waals surface area contributed by atoms with Gasteiger partial charge in [0.05, 0.1) is 10.5 Å². The highest BCUT2D eigenvalue weighted by Gasteiger charge is 2.24. The lowest BCUT2D eigenvalue weighted by atomic mass is 10.2. The molecular weight excluding hydrogens is 267 g/mol. The van der Waals surface area contributed by atoms with Crippen molar-refractivity contribution >= 4 is 21.6 Å². The highest BCUT2D eigenvalue weighted by molar-refractivity contribution is 9.10. The molecule has 0 amide bonds. The number of benzene rings is 1. The molecule has 0 aliphatic carbocycles. The van der Waals surface area contributed by atoms with Crippen molar-refractivity contribution in [3.05, 3.63) is 38.1 Å². The molecule has 7 heteroatoms. The summed E-state index contributed by atoms with van der Waals surface area (Å²) in [4.78, 5) is 9.20. The average Bonchev–Trinajstić information content (AvgIpc) is 2.07. The molecule has 0 fully saturated rings. The molecule has 3 nitrogen and oxygen atoms in total. The van der Waals surface area contributed by atoms with Crippen LogP contribution < -0.4 is 0 Å². The molecule has 14 heavy (non-hydrogen) atoms. The minimum atomic E-state index is -3.08. The number of halogens is 4. The molecule has 0 saturated carbocycles. The predicted molar refractivity (Wildman–Crippen MR) is 45.7 cm³/mol. The van der Waals surface area contributed by atoms with Crippen molar-refractivity contribution in [1.82, 2.24) is 0 Å². The second kappa shape index (κ2) is 3.95. The third-order valence-electron chi connectivity index (χ3n) is 1.48. The summed E-state index contributed by atoms with van der Waals surface area (Å²) >= 11 is 2.78. The maximum Gasteiger partial charge on any atom is 0.306 e. The second-order valence-corrected chi connectivity index (χ2v) is 3.30. The Morgan fingerprint density at radius 3 is 2.43 bits per heavy atom. The normalized spacial score (nSPS) is 10.6. The molecule has 0 bridgehead atoms. The van der Waals surface area contributed by atoms with Crippen molar-refractivity contribution in [2.75, 3.05) is 0 Å². The predicted octanol–water partition coefficient (Wildman–Crippen LogP) is 3.43. The van der Waals surface area contributed by atoms with Crippen LogP contribution in [0.2, 0.25) is 0 Å². The van der Waals surface area contributed by atoms with Crippen LogP contribution in [-0.4, -0.2) is 4.92 Å². The lowest BCUT2D eigenvalue weighted by molar-refractivity contribution is -0.387. The number of hydrogen-bond acceptors (Lipinski definition) is 2. The zero-order valence-electron chi connectivity index (χ0n) is 6.51. The first-order valence-corrected chi connectivity index (χ1v) is 4.14. The summed E-state index contributed by atoms with van der Waals surface area (Å²) in [5.41, 5.74) is -1.94. The fourth-order valence-electron chi connectivity index (χ4n) is 0.887. The van der Waals surface area contributed by atoms with Gasteiger partial charge in [0.2, 0.25) is 5.82 Å². The Kier molecular flexibility index (Phi) is 3.10. The fourth-order valence-corrected chi connectivity index (χ4v) is 1.35. The molecule has 0 heterocycles. The number of rotatable bonds is 2. The highest BCUT2D eigenvalue weighted by atomic mass is 79.9. The van der Waals surface area contributed by atoms with Crippen LogP contribution in [0.25, 0.3) is 0 Å². The van der Waals surface area contributed by atoms with Crippen LogP contribution in [0.5, 0.6) is 0 Å². The van der Waals surface area contributed by atoms with Crippen LogP contribution in [0, 0.1) is 15.9 Å². The van der Waals surface area contributed by atoms with Crippen molar-refractivity contribution in [1.29, 1.82) is 0 Å². The molecule has 0 spiro atoms. The van der Waals surface area contributed by atoms with Crippen molar-refractivity contribution in [2.45, 2.75) is 6.43 Å². The minimum Gasteiger partial charge on any atom is -0.258 e. The van der Waals surface area contributed by atoms with Crippen LogP contribution in [-0.2, 0) is 0 Å². The topological polar surface area (TPSA) is 43.1 Å². The standard InChI is InChI=1S/C7H3BrF3NO2/c8-3-1-4(7(10)11)6(9)5(2-3)12(13)14/h1-2,7H. The van der Waals surface area contributed by atoms with Crippen LogP contribution in [0.4, 0.5) is 18.9 Å². The summed E-state index contributed by atoms with van der Waals surface area (Å²) in [6, 6.07) is 1.65. The van der Waals surface area contributed by atoms with Crippen LogP contribution in [0.3, 0.4) is 0 Å². The maximum atomic E-state index is 13.0. The SMILES string of the molecule is O=[N+]([O-])c1cc(Br)cc(C(F)F)c1F. The Hall–Kier alpha value is -1.11. The van der Waals surface area contributed by atoms with E-state index in [1.165, 1.54) is 0 Å². The third kappa shape index (κ3) is 2.03. The molecule has 0 aliphatic rings. The van der Waals surface area contributed by atoms with E-state index in [0.717, 1.165) is 12.1 Å². The third-order valence-corrected chi connectivity index (χ3v) is 1.94. The zero-order chi connectivity index (χ0) is 10.9. The van der Waals surface area contributed by atoms with Gasteiger partial charge in [-0.1, -0.05) is 15.9 Å². The van der Waals surface area contributed by atoms with Gasteiger partial charge in [-0.05, 0) is 6.07 Å². The highest BCUT2D eigenvalue weighted by Crippen LogP contribution is 2.31. The molecule has 0 N–H and O–H groups in total. The van der Waals surface area contributed by atoms with Gasteiger partial charge in [-0.25, -0.2) is 8.78 Å². The Morgan fingerprint density at radius 2 is 2.00 bits per heavy atom. The molecule has 0 saturated heterocycles. The lowest BCUT2D eigenvalue weighted by Crippen LogP contribution is -1.98. The molecule has 0 atom stereocenters. The van der Waals surface area contributed by atoms with Gasteiger partial charge in [-0.2, -0.15) is 4.39 Å². The van der Waals surface area contributed by atoms with Crippen molar-refractivity contribution < 1.29 is 18.1 Å². The lowest BCUT2D eigenvalue weighted by Gasteiger charge is -2.02. The Bertz CT molecular complexity index is 383. The number of nitrogens with zero attached hydrogens (tertiary/aromatic N) is 1. The summed E-state index contributed by atoms with van der Waals surface area (Å²) in [7, 11) is 0. The van der Waals surface area contributed by atoms with Crippen molar-refractivity contribution in [3.63, 3.8) is 0 Å². The molecule has 1 aromatic rings. The van der Waals surface area contributed by atoms with Gasteiger partial charge in [-0.3, -0.25) is 10.1 Å². The quantitative estimate of drug-likeness (QED) is 0.610. The molecule has 0 radical (unpaired) electrons. The van der Waals surface area contributed by atoms with E-state index in [0.29, 0.717) is 0 Å². The van der Waals surface area contributed by atoms with Gasteiger partial charge in [0.1, 0.15) is 0 Å². The molecule has 0 aromatic heterocycles. The van der Waals surface area contributed by atoms with E-state index >= 15 is 0 Å². The van der Waals surface area contributed by atoms with Crippen molar-refractivity contribution in [3.8, 4) is 0 Å². The Labute approximate surface area is 84.8 Å². The molecule has 0 unspecified atom stereocenters. The molecular formula is C7H3BrF3NO2. The number of nitro benzene ring substituents is 1. The number of nitro groups is 1. The molecule has 1 aromatic carbocycles.